The predicted octanol–water partition coefficient (Wildman–Crippen LogP) is 3.73. The zero-order valence-corrected chi connectivity index (χ0v) is 11.7. The molecular weight excluding hydrogens is 266 g/mol. The van der Waals surface area contributed by atoms with Gasteiger partial charge >= 0.3 is 0 Å². The van der Waals surface area contributed by atoms with Crippen molar-refractivity contribution >= 4 is 11.6 Å². The zero-order valence-electron chi connectivity index (χ0n) is 11.7. The summed E-state index contributed by atoms with van der Waals surface area (Å²) in [5.74, 6) is 1.93. The van der Waals surface area contributed by atoms with Crippen LogP contribution in [0, 0.1) is 0 Å². The standard InChI is InChI=1S/C17H17NO3/c19-17(13-8-10-21-15(13)12-6-7-12)18-14-5-1-3-11-4-2-9-20-16(11)14/h1,3,5,8,10,12H,2,4,6-7,9H2,(H,18,19). The Labute approximate surface area is 123 Å². The van der Waals surface area contributed by atoms with E-state index in [2.05, 4.69) is 11.4 Å². The van der Waals surface area contributed by atoms with E-state index in [0.717, 1.165) is 48.4 Å². The summed E-state index contributed by atoms with van der Waals surface area (Å²) in [5.41, 5.74) is 2.56. The average Bonchev–Trinajstić information content (AvgIpc) is 3.24. The summed E-state index contributed by atoms with van der Waals surface area (Å²) >= 11 is 0. The van der Waals surface area contributed by atoms with Crippen LogP contribution in [0.25, 0.3) is 0 Å². The number of fused-ring (bicyclic) bond motifs is 1. The van der Waals surface area contributed by atoms with Crippen LogP contribution in [0.2, 0.25) is 0 Å². The maximum atomic E-state index is 12.5. The second-order valence-electron chi connectivity index (χ2n) is 5.67. The molecule has 1 aliphatic carbocycles. The fourth-order valence-corrected chi connectivity index (χ4v) is 2.85. The number of hydrogen-bond acceptors (Lipinski definition) is 3. The van der Waals surface area contributed by atoms with Crippen molar-refractivity contribution in [3.05, 3.63) is 47.4 Å². The fourth-order valence-electron chi connectivity index (χ4n) is 2.85. The highest BCUT2D eigenvalue weighted by Gasteiger charge is 2.31. The van der Waals surface area contributed by atoms with E-state index in [9.17, 15) is 4.79 Å². The number of para-hydroxylation sites is 1. The molecule has 0 saturated heterocycles. The summed E-state index contributed by atoms with van der Waals surface area (Å²) < 4.78 is 11.2. The van der Waals surface area contributed by atoms with Crippen LogP contribution in [0.15, 0.2) is 34.9 Å². The van der Waals surface area contributed by atoms with E-state index in [1.165, 1.54) is 0 Å². The molecule has 0 atom stereocenters. The molecule has 1 aromatic carbocycles. The van der Waals surface area contributed by atoms with Crippen molar-refractivity contribution in [2.75, 3.05) is 11.9 Å². The molecule has 4 rings (SSSR count). The van der Waals surface area contributed by atoms with Crippen molar-refractivity contribution in [2.45, 2.75) is 31.6 Å². The third kappa shape index (κ3) is 2.31. The predicted molar refractivity (Wildman–Crippen MR) is 78.9 cm³/mol. The first-order valence-corrected chi connectivity index (χ1v) is 7.46. The van der Waals surface area contributed by atoms with Gasteiger partial charge in [0, 0.05) is 5.92 Å². The van der Waals surface area contributed by atoms with Crippen molar-refractivity contribution in [3.8, 4) is 5.75 Å². The van der Waals surface area contributed by atoms with Crippen LogP contribution in [-0.2, 0) is 6.42 Å². The number of furan rings is 1. The Morgan fingerprint density at radius 1 is 1.24 bits per heavy atom. The molecule has 1 aromatic heterocycles. The molecule has 0 radical (unpaired) electrons. The van der Waals surface area contributed by atoms with Crippen molar-refractivity contribution < 1.29 is 13.9 Å². The lowest BCUT2D eigenvalue weighted by atomic mass is 10.1. The minimum absolute atomic E-state index is 0.117. The molecule has 2 aromatic rings. The Kier molecular flexibility index (Phi) is 2.95. The summed E-state index contributed by atoms with van der Waals surface area (Å²) in [6.45, 7) is 0.707. The van der Waals surface area contributed by atoms with Crippen molar-refractivity contribution in [3.63, 3.8) is 0 Å². The number of hydrogen-bond donors (Lipinski definition) is 1. The Bertz CT molecular complexity index is 685. The molecule has 1 aliphatic heterocycles. The highest BCUT2D eigenvalue weighted by atomic mass is 16.5. The van der Waals surface area contributed by atoms with Gasteiger partial charge in [-0.3, -0.25) is 4.79 Å². The van der Waals surface area contributed by atoms with Gasteiger partial charge in [0.15, 0.2) is 0 Å². The number of amides is 1. The zero-order chi connectivity index (χ0) is 14.2. The van der Waals surface area contributed by atoms with Crippen LogP contribution in [0.1, 0.15) is 46.9 Å². The molecular formula is C17H17NO3. The van der Waals surface area contributed by atoms with Gasteiger partial charge in [0.05, 0.1) is 24.1 Å². The number of ether oxygens (including phenoxy) is 1. The number of aryl methyl sites for hydroxylation is 1. The van der Waals surface area contributed by atoms with E-state index >= 15 is 0 Å². The Balaban J connectivity index is 1.61. The van der Waals surface area contributed by atoms with Gasteiger partial charge in [-0.25, -0.2) is 0 Å². The lowest BCUT2D eigenvalue weighted by Crippen LogP contribution is -2.16. The molecule has 21 heavy (non-hydrogen) atoms. The smallest absolute Gasteiger partial charge is 0.259 e. The summed E-state index contributed by atoms with van der Waals surface area (Å²) in [4.78, 5) is 12.5. The van der Waals surface area contributed by atoms with Gasteiger partial charge in [-0.05, 0) is 43.4 Å². The van der Waals surface area contributed by atoms with E-state index in [-0.39, 0.29) is 5.91 Å². The molecule has 1 amide bonds. The summed E-state index contributed by atoms with van der Waals surface area (Å²) in [6, 6.07) is 7.65. The lowest BCUT2D eigenvalue weighted by Gasteiger charge is -2.20. The molecule has 4 nitrogen and oxygen atoms in total. The van der Waals surface area contributed by atoms with Gasteiger partial charge in [-0.15, -0.1) is 0 Å². The number of rotatable bonds is 3. The van der Waals surface area contributed by atoms with Gasteiger partial charge in [0.2, 0.25) is 0 Å². The van der Waals surface area contributed by atoms with Gasteiger partial charge < -0.3 is 14.5 Å². The number of nitrogens with one attached hydrogen (secondary N) is 1. The Morgan fingerprint density at radius 2 is 2.14 bits per heavy atom. The highest BCUT2D eigenvalue weighted by Crippen LogP contribution is 2.42. The van der Waals surface area contributed by atoms with Gasteiger partial charge in [-0.1, -0.05) is 12.1 Å². The minimum Gasteiger partial charge on any atom is -0.491 e. The van der Waals surface area contributed by atoms with Gasteiger partial charge in [0.1, 0.15) is 11.5 Å². The second kappa shape index (κ2) is 4.95. The van der Waals surface area contributed by atoms with E-state index in [4.69, 9.17) is 9.15 Å². The van der Waals surface area contributed by atoms with Crippen molar-refractivity contribution in [1.82, 2.24) is 0 Å². The average molecular weight is 283 g/mol. The van der Waals surface area contributed by atoms with E-state index < -0.39 is 0 Å². The number of benzene rings is 1. The summed E-state index contributed by atoms with van der Waals surface area (Å²) in [6.07, 6.45) is 5.84. The minimum atomic E-state index is -0.117. The Morgan fingerprint density at radius 3 is 3.00 bits per heavy atom. The van der Waals surface area contributed by atoms with Gasteiger partial charge in [-0.2, -0.15) is 0 Å². The van der Waals surface area contributed by atoms with E-state index in [0.29, 0.717) is 18.1 Å². The fraction of sp³-hybridized carbons (Fsp3) is 0.353. The van der Waals surface area contributed by atoms with E-state index in [1.54, 1.807) is 12.3 Å². The monoisotopic (exact) mass is 283 g/mol. The normalized spacial score (nSPS) is 17.0. The summed E-state index contributed by atoms with van der Waals surface area (Å²) in [5, 5.41) is 2.97. The number of anilines is 1. The number of carbonyl (C=O) groups is 1. The summed E-state index contributed by atoms with van der Waals surface area (Å²) in [7, 11) is 0. The quantitative estimate of drug-likeness (QED) is 0.933. The second-order valence-corrected chi connectivity index (χ2v) is 5.67. The molecule has 0 unspecified atom stereocenters. The van der Waals surface area contributed by atoms with Crippen LogP contribution < -0.4 is 10.1 Å². The maximum Gasteiger partial charge on any atom is 0.259 e. The van der Waals surface area contributed by atoms with Crippen molar-refractivity contribution in [1.29, 1.82) is 0 Å². The molecule has 1 fully saturated rings. The van der Waals surface area contributed by atoms with Crippen LogP contribution in [0.5, 0.6) is 5.75 Å². The first-order valence-electron chi connectivity index (χ1n) is 7.46. The van der Waals surface area contributed by atoms with Crippen molar-refractivity contribution in [2.24, 2.45) is 0 Å². The van der Waals surface area contributed by atoms with Crippen LogP contribution in [0.4, 0.5) is 5.69 Å². The van der Waals surface area contributed by atoms with Crippen LogP contribution in [0.3, 0.4) is 0 Å². The molecule has 0 bridgehead atoms. The molecule has 4 heteroatoms. The van der Waals surface area contributed by atoms with Gasteiger partial charge in [0.25, 0.3) is 5.91 Å². The molecule has 1 N–H and O–H groups in total. The first kappa shape index (κ1) is 12.5. The Hall–Kier alpha value is -2.23. The highest BCUT2D eigenvalue weighted by molar-refractivity contribution is 6.06. The third-order valence-electron chi connectivity index (χ3n) is 4.07. The molecule has 0 spiro atoms. The van der Waals surface area contributed by atoms with E-state index in [1.807, 2.05) is 12.1 Å². The molecule has 108 valence electrons. The maximum absolute atomic E-state index is 12.5. The first-order chi connectivity index (χ1) is 10.3. The number of carbonyl (C=O) groups excluding carboxylic acids is 1. The topological polar surface area (TPSA) is 51.5 Å². The molecule has 2 heterocycles. The van der Waals surface area contributed by atoms with Crippen LogP contribution >= 0.6 is 0 Å². The largest absolute Gasteiger partial charge is 0.491 e. The molecule has 1 saturated carbocycles. The van der Waals surface area contributed by atoms with Crippen LogP contribution in [-0.4, -0.2) is 12.5 Å². The lowest BCUT2D eigenvalue weighted by molar-refractivity contribution is 0.102. The SMILES string of the molecule is O=C(Nc1cccc2c1OCCC2)c1ccoc1C1CC1. The third-order valence-corrected chi connectivity index (χ3v) is 4.07. The molecule has 2 aliphatic rings.